The summed E-state index contributed by atoms with van der Waals surface area (Å²) in [7, 11) is 0. The molecule has 2 heteroatoms. The molecule has 0 aromatic rings. The Kier molecular flexibility index (Phi) is 66.7. The van der Waals surface area contributed by atoms with Gasteiger partial charge in [0, 0.05) is 0 Å². The summed E-state index contributed by atoms with van der Waals surface area (Å²) in [5.74, 6) is 0.944. The van der Waals surface area contributed by atoms with Crippen LogP contribution in [0.4, 0.5) is 0 Å². The van der Waals surface area contributed by atoms with Crippen LogP contribution in [0.25, 0.3) is 0 Å². The number of rotatable bonds is 0. The Bertz CT molecular complexity index is 8.04. The van der Waals surface area contributed by atoms with Gasteiger partial charge in [-0.25, -0.2) is 0 Å². The zero-order chi connectivity index (χ0) is 5.41. The molecule has 0 aliphatic heterocycles. The normalized spacial score (nSPS) is 5.14. The second kappa shape index (κ2) is 29.9. The van der Waals surface area contributed by atoms with E-state index < -0.39 is 0 Å². The Morgan fingerprint density at radius 1 is 1.14 bits per heavy atom. The Labute approximate surface area is 59.6 Å². The van der Waals surface area contributed by atoms with Crippen LogP contribution in [0.2, 0.25) is 0 Å². The lowest BCUT2D eigenvalue weighted by atomic mass is 10.6. The van der Waals surface area contributed by atoms with Crippen LogP contribution in [0.5, 0.6) is 0 Å². The van der Waals surface area contributed by atoms with Gasteiger partial charge in [-0.15, -0.1) is 0 Å². The van der Waals surface area contributed by atoms with Crippen molar-refractivity contribution in [2.45, 2.75) is 27.2 Å². The van der Waals surface area contributed by atoms with Crippen molar-refractivity contribution in [2.24, 2.45) is 0 Å². The topological polar surface area (TPSA) is 0 Å². The summed E-state index contributed by atoms with van der Waals surface area (Å²) < 4.78 is 0. The van der Waals surface area contributed by atoms with Gasteiger partial charge in [-0.05, 0) is 5.75 Å². The summed E-state index contributed by atoms with van der Waals surface area (Å²) in [6.45, 7) is 6.24. The van der Waals surface area contributed by atoms with Crippen LogP contribution >= 0.6 is 26.1 Å². The SMILES string of the molecule is CCC.CCS.S. The fraction of sp³-hybridized carbons (Fsp3) is 1.00. The van der Waals surface area contributed by atoms with Gasteiger partial charge in [-0.2, -0.15) is 26.1 Å². The monoisotopic (exact) mass is 140 g/mol. The molecular weight excluding hydrogens is 124 g/mol. The minimum Gasteiger partial charge on any atom is -0.197 e. The maximum atomic E-state index is 3.79. The average molecular weight is 140 g/mol. The standard InChI is InChI=1S/C3H8.C2H6S.H2S/c1-3-2;1-2-3;/h3H2,1-2H3;3H,2H2,1H3;1H2. The molecule has 0 N–H and O–H groups in total. The van der Waals surface area contributed by atoms with Crippen molar-refractivity contribution in [3.8, 4) is 0 Å². The lowest BCUT2D eigenvalue weighted by molar-refractivity contribution is 1.09. The first-order valence-corrected chi connectivity index (χ1v) is 3.07. The third kappa shape index (κ3) is 302. The van der Waals surface area contributed by atoms with Crippen molar-refractivity contribution in [3.63, 3.8) is 0 Å². The summed E-state index contributed by atoms with van der Waals surface area (Å²) >= 11 is 3.79. The maximum Gasteiger partial charge on any atom is -0.0126 e. The average Bonchev–Trinajstić information content (AvgIpc) is 1.39. The third-order valence-electron chi connectivity index (χ3n) is 0. The van der Waals surface area contributed by atoms with E-state index >= 15 is 0 Å². The second-order valence-corrected chi connectivity index (χ2v) is 1.66. The van der Waals surface area contributed by atoms with Crippen LogP contribution in [0.15, 0.2) is 0 Å². The molecule has 0 atom stereocenters. The lowest BCUT2D eigenvalue weighted by Crippen LogP contribution is -1.36. The molecule has 7 heavy (non-hydrogen) atoms. The van der Waals surface area contributed by atoms with E-state index in [2.05, 4.69) is 26.5 Å². The summed E-state index contributed by atoms with van der Waals surface area (Å²) in [5.41, 5.74) is 0. The van der Waals surface area contributed by atoms with E-state index in [4.69, 9.17) is 0 Å². The largest absolute Gasteiger partial charge is 0.197 e. The molecule has 0 nitrogen and oxygen atoms in total. The van der Waals surface area contributed by atoms with Crippen LogP contribution in [0.3, 0.4) is 0 Å². The van der Waals surface area contributed by atoms with Gasteiger partial charge in [0.1, 0.15) is 0 Å². The molecule has 0 amide bonds. The van der Waals surface area contributed by atoms with E-state index in [9.17, 15) is 0 Å². The minimum atomic E-state index is 0. The molecule has 0 bridgehead atoms. The van der Waals surface area contributed by atoms with Gasteiger partial charge in [-0.3, -0.25) is 0 Å². The van der Waals surface area contributed by atoms with Crippen molar-refractivity contribution in [1.29, 1.82) is 0 Å². The summed E-state index contributed by atoms with van der Waals surface area (Å²) in [5, 5.41) is 0. The van der Waals surface area contributed by atoms with E-state index in [-0.39, 0.29) is 13.5 Å². The van der Waals surface area contributed by atoms with Crippen molar-refractivity contribution >= 4 is 26.1 Å². The molecule has 0 aromatic heterocycles. The summed E-state index contributed by atoms with van der Waals surface area (Å²) in [4.78, 5) is 0. The Balaban J connectivity index is -0.0000000400. The highest BCUT2D eigenvalue weighted by atomic mass is 32.1. The molecule has 0 aliphatic carbocycles. The number of hydrogen-bond acceptors (Lipinski definition) is 1. The first kappa shape index (κ1) is 15.6. The van der Waals surface area contributed by atoms with Gasteiger partial charge in [0.25, 0.3) is 0 Å². The molecule has 0 spiro atoms. The smallest absolute Gasteiger partial charge is 0.0126 e. The van der Waals surface area contributed by atoms with Crippen LogP contribution in [-0.4, -0.2) is 5.75 Å². The molecule has 0 aromatic carbocycles. The van der Waals surface area contributed by atoms with Crippen LogP contribution in [-0.2, 0) is 0 Å². The predicted molar refractivity (Wildman–Crippen MR) is 45.9 cm³/mol. The van der Waals surface area contributed by atoms with Crippen LogP contribution < -0.4 is 0 Å². The first-order valence-electron chi connectivity index (χ1n) is 2.44. The van der Waals surface area contributed by atoms with E-state index in [0.29, 0.717) is 0 Å². The molecule has 0 radical (unpaired) electrons. The third-order valence-corrected chi connectivity index (χ3v) is 0. The second-order valence-electron chi connectivity index (χ2n) is 1.02. The molecule has 0 heterocycles. The van der Waals surface area contributed by atoms with Crippen molar-refractivity contribution < 1.29 is 0 Å². The first-order chi connectivity index (χ1) is 2.83. The van der Waals surface area contributed by atoms with Gasteiger partial charge in [-0.1, -0.05) is 27.2 Å². The van der Waals surface area contributed by atoms with Crippen LogP contribution in [0.1, 0.15) is 27.2 Å². The highest BCUT2D eigenvalue weighted by Gasteiger charge is 1.35. The fourth-order valence-corrected chi connectivity index (χ4v) is 0. The Morgan fingerprint density at radius 3 is 1.14 bits per heavy atom. The van der Waals surface area contributed by atoms with Gasteiger partial charge < -0.3 is 0 Å². The molecule has 0 aliphatic rings. The van der Waals surface area contributed by atoms with Crippen molar-refractivity contribution in [3.05, 3.63) is 0 Å². The Hall–Kier alpha value is 0.700. The molecular formula is C5H16S2. The zero-order valence-electron chi connectivity index (χ0n) is 5.36. The van der Waals surface area contributed by atoms with E-state index in [1.807, 2.05) is 6.92 Å². The predicted octanol–water partition coefficient (Wildman–Crippen LogP) is 2.47. The molecule has 48 valence electrons. The molecule has 0 unspecified atom stereocenters. The fourth-order valence-electron chi connectivity index (χ4n) is 0. The van der Waals surface area contributed by atoms with Gasteiger partial charge in [0.2, 0.25) is 0 Å². The maximum absolute atomic E-state index is 3.79. The summed E-state index contributed by atoms with van der Waals surface area (Å²) in [6.07, 6.45) is 1.25. The number of hydrogen-bond donors (Lipinski definition) is 1. The summed E-state index contributed by atoms with van der Waals surface area (Å²) in [6, 6.07) is 0. The lowest BCUT2D eigenvalue weighted by Gasteiger charge is -1.48. The van der Waals surface area contributed by atoms with E-state index in [1.165, 1.54) is 6.42 Å². The zero-order valence-corrected chi connectivity index (χ0v) is 7.26. The van der Waals surface area contributed by atoms with Gasteiger partial charge in [0.15, 0.2) is 0 Å². The van der Waals surface area contributed by atoms with Crippen molar-refractivity contribution in [1.82, 2.24) is 0 Å². The van der Waals surface area contributed by atoms with E-state index in [1.54, 1.807) is 0 Å². The van der Waals surface area contributed by atoms with Crippen molar-refractivity contribution in [2.75, 3.05) is 5.75 Å². The quantitative estimate of drug-likeness (QED) is 0.491. The van der Waals surface area contributed by atoms with Gasteiger partial charge >= 0.3 is 0 Å². The highest BCUT2D eigenvalue weighted by molar-refractivity contribution is 7.80. The number of thiol groups is 1. The van der Waals surface area contributed by atoms with E-state index in [0.717, 1.165) is 5.75 Å². The molecule has 0 saturated heterocycles. The minimum absolute atomic E-state index is 0. The Morgan fingerprint density at radius 2 is 1.14 bits per heavy atom. The molecule has 0 rings (SSSR count). The molecule has 0 fully saturated rings. The van der Waals surface area contributed by atoms with Gasteiger partial charge in [0.05, 0.1) is 0 Å². The highest BCUT2D eigenvalue weighted by Crippen LogP contribution is 1.58. The van der Waals surface area contributed by atoms with Crippen LogP contribution in [0, 0.1) is 0 Å². The molecule has 0 saturated carbocycles.